The molecule has 1 nitrogen and oxygen atoms in total. The number of hydrogen-bond donors (Lipinski definition) is 0. The van der Waals surface area contributed by atoms with E-state index in [0.29, 0.717) is 6.04 Å². The van der Waals surface area contributed by atoms with Crippen molar-refractivity contribution in [2.24, 2.45) is 0 Å². The first-order chi connectivity index (χ1) is 9.11. The van der Waals surface area contributed by atoms with Gasteiger partial charge in [0, 0.05) is 6.04 Å². The molecule has 0 aromatic rings. The lowest BCUT2D eigenvalue weighted by atomic mass is 9.91. The van der Waals surface area contributed by atoms with Gasteiger partial charge < -0.3 is 4.90 Å². The van der Waals surface area contributed by atoms with Gasteiger partial charge in [0.25, 0.3) is 0 Å². The highest BCUT2D eigenvalue weighted by Crippen LogP contribution is 2.28. The summed E-state index contributed by atoms with van der Waals surface area (Å²) in [5, 5.41) is 0. The van der Waals surface area contributed by atoms with E-state index in [2.05, 4.69) is 57.6 Å². The van der Waals surface area contributed by atoms with E-state index < -0.39 is 0 Å². The highest BCUT2D eigenvalue weighted by molar-refractivity contribution is 5.48. The summed E-state index contributed by atoms with van der Waals surface area (Å²) in [5.41, 5.74) is 4.17. The molecule has 0 saturated carbocycles. The fourth-order valence-corrected chi connectivity index (χ4v) is 2.41. The van der Waals surface area contributed by atoms with Gasteiger partial charge in [-0.15, -0.1) is 0 Å². The minimum Gasteiger partial charge on any atom is -0.302 e. The Hall–Kier alpha value is -1.08. The van der Waals surface area contributed by atoms with Crippen LogP contribution in [0.3, 0.4) is 0 Å². The van der Waals surface area contributed by atoms with Crippen LogP contribution in [0, 0.1) is 0 Å². The van der Waals surface area contributed by atoms with Gasteiger partial charge in [0.2, 0.25) is 0 Å². The third-order valence-corrected chi connectivity index (χ3v) is 3.36. The van der Waals surface area contributed by atoms with Gasteiger partial charge in [0.1, 0.15) is 0 Å². The minimum absolute atomic E-state index is 0.491. The first-order valence-corrected chi connectivity index (χ1v) is 7.47. The van der Waals surface area contributed by atoms with Crippen molar-refractivity contribution >= 4 is 0 Å². The van der Waals surface area contributed by atoms with E-state index >= 15 is 0 Å². The summed E-state index contributed by atoms with van der Waals surface area (Å²) in [7, 11) is 4.32. The van der Waals surface area contributed by atoms with Gasteiger partial charge in [0.05, 0.1) is 0 Å². The van der Waals surface area contributed by atoms with Gasteiger partial charge in [-0.05, 0) is 45.0 Å². The molecule has 0 aromatic heterocycles. The van der Waals surface area contributed by atoms with Crippen LogP contribution in [-0.2, 0) is 0 Å². The van der Waals surface area contributed by atoms with Crippen LogP contribution in [0.25, 0.3) is 0 Å². The van der Waals surface area contributed by atoms with Crippen LogP contribution < -0.4 is 0 Å². The number of likely N-dealkylation sites (N-methyl/N-ethyl adjacent to an activating group) is 1. The van der Waals surface area contributed by atoms with Gasteiger partial charge in [-0.2, -0.15) is 0 Å². The Labute approximate surface area is 120 Å². The molecule has 0 N–H and O–H groups in total. The van der Waals surface area contributed by atoms with E-state index in [1.54, 1.807) is 0 Å². The fourth-order valence-electron chi connectivity index (χ4n) is 2.41. The molecule has 0 aliphatic heterocycles. The van der Waals surface area contributed by atoms with Crippen LogP contribution in [0.15, 0.2) is 47.6 Å². The second-order valence-electron chi connectivity index (χ2n) is 4.92. The van der Waals surface area contributed by atoms with E-state index in [1.807, 2.05) is 19.9 Å². The molecule has 1 unspecified atom stereocenters. The number of allylic oxidation sites excluding steroid dienone is 5. The van der Waals surface area contributed by atoms with Crippen molar-refractivity contribution in [3.8, 4) is 0 Å². The van der Waals surface area contributed by atoms with Crippen molar-refractivity contribution in [2.75, 3.05) is 14.1 Å². The van der Waals surface area contributed by atoms with E-state index in [1.165, 1.54) is 29.6 Å². The SMILES string of the molecule is C=CC1=C(C)CC=CC=C1C(CCC)N(C)C.CC. The van der Waals surface area contributed by atoms with E-state index in [9.17, 15) is 0 Å². The maximum absolute atomic E-state index is 3.98. The van der Waals surface area contributed by atoms with Crippen LogP contribution >= 0.6 is 0 Å². The second-order valence-corrected chi connectivity index (χ2v) is 4.92. The molecule has 1 rings (SSSR count). The van der Waals surface area contributed by atoms with Crippen LogP contribution in [0.2, 0.25) is 0 Å². The van der Waals surface area contributed by atoms with Crippen LogP contribution in [0.1, 0.15) is 47.0 Å². The average molecular weight is 261 g/mol. The van der Waals surface area contributed by atoms with E-state index in [4.69, 9.17) is 0 Å². The van der Waals surface area contributed by atoms with E-state index in [0.717, 1.165) is 6.42 Å². The Kier molecular flexibility index (Phi) is 9.24. The molecule has 19 heavy (non-hydrogen) atoms. The molecule has 1 heteroatoms. The average Bonchev–Trinajstić information content (AvgIpc) is 2.59. The lowest BCUT2D eigenvalue weighted by Crippen LogP contribution is -2.30. The molecule has 0 amide bonds. The highest BCUT2D eigenvalue weighted by atomic mass is 15.1. The third kappa shape index (κ3) is 5.20. The summed E-state index contributed by atoms with van der Waals surface area (Å²) in [4.78, 5) is 2.31. The largest absolute Gasteiger partial charge is 0.302 e. The van der Waals surface area contributed by atoms with Gasteiger partial charge in [-0.1, -0.05) is 63.6 Å². The van der Waals surface area contributed by atoms with Gasteiger partial charge in [-0.3, -0.25) is 0 Å². The predicted octanol–water partition coefficient (Wildman–Crippen LogP) is 5.13. The zero-order valence-electron chi connectivity index (χ0n) is 13.7. The number of hydrogen-bond acceptors (Lipinski definition) is 1. The lowest BCUT2D eigenvalue weighted by molar-refractivity contribution is 0.315. The fraction of sp³-hybridized carbons (Fsp3) is 0.556. The summed E-state index contributed by atoms with van der Waals surface area (Å²) >= 11 is 0. The molecule has 1 aliphatic rings. The van der Waals surface area contributed by atoms with Crippen LogP contribution in [0.4, 0.5) is 0 Å². The van der Waals surface area contributed by atoms with Gasteiger partial charge >= 0.3 is 0 Å². The van der Waals surface area contributed by atoms with E-state index in [-0.39, 0.29) is 0 Å². The normalized spacial score (nSPS) is 16.5. The van der Waals surface area contributed by atoms with Gasteiger partial charge in [0.15, 0.2) is 0 Å². The molecule has 0 fully saturated rings. The van der Waals surface area contributed by atoms with Crippen LogP contribution in [0.5, 0.6) is 0 Å². The maximum atomic E-state index is 3.98. The molecule has 1 aliphatic carbocycles. The van der Waals surface area contributed by atoms with Gasteiger partial charge in [-0.25, -0.2) is 0 Å². The molecule has 0 bridgehead atoms. The highest BCUT2D eigenvalue weighted by Gasteiger charge is 2.19. The number of rotatable bonds is 5. The predicted molar refractivity (Wildman–Crippen MR) is 88.5 cm³/mol. The molecular formula is C18H31N. The molecule has 0 saturated heterocycles. The molecular weight excluding hydrogens is 230 g/mol. The molecule has 108 valence electrons. The Morgan fingerprint density at radius 1 is 1.37 bits per heavy atom. The smallest absolute Gasteiger partial charge is 0.0347 e. The molecule has 1 atom stereocenters. The molecule has 0 heterocycles. The van der Waals surface area contributed by atoms with Crippen molar-refractivity contribution in [2.45, 2.75) is 53.0 Å². The first-order valence-electron chi connectivity index (χ1n) is 7.47. The van der Waals surface area contributed by atoms with Crippen molar-refractivity contribution in [1.29, 1.82) is 0 Å². The first kappa shape index (κ1) is 17.9. The summed E-state index contributed by atoms with van der Waals surface area (Å²) in [6.07, 6.45) is 12.1. The summed E-state index contributed by atoms with van der Waals surface area (Å²) < 4.78 is 0. The van der Waals surface area contributed by atoms with Crippen molar-refractivity contribution in [3.63, 3.8) is 0 Å². The van der Waals surface area contributed by atoms with Crippen molar-refractivity contribution < 1.29 is 0 Å². The molecule has 0 spiro atoms. The summed E-state index contributed by atoms with van der Waals surface area (Å²) in [5.74, 6) is 0. The Balaban J connectivity index is 0.00000154. The van der Waals surface area contributed by atoms with Crippen molar-refractivity contribution in [3.05, 3.63) is 47.6 Å². The molecule has 0 radical (unpaired) electrons. The number of nitrogens with zero attached hydrogens (tertiary/aromatic N) is 1. The zero-order chi connectivity index (χ0) is 14.8. The van der Waals surface area contributed by atoms with Crippen LogP contribution in [-0.4, -0.2) is 25.0 Å². The minimum atomic E-state index is 0.491. The second kappa shape index (κ2) is 9.80. The summed E-state index contributed by atoms with van der Waals surface area (Å²) in [6, 6.07) is 0.491. The maximum Gasteiger partial charge on any atom is 0.0347 e. The topological polar surface area (TPSA) is 3.24 Å². The third-order valence-electron chi connectivity index (χ3n) is 3.36. The Bertz CT molecular complexity index is 356. The van der Waals surface area contributed by atoms with Crippen molar-refractivity contribution in [1.82, 2.24) is 4.90 Å². The standard InChI is InChI=1S/C16H25N.C2H6/c1-6-10-16(17(4)5)15-12-9-8-11-13(3)14(15)7-2;1-2/h7-9,12,16H,2,6,10-11H2,1,3-5H3;1-2H3. The Morgan fingerprint density at radius 3 is 2.47 bits per heavy atom. The quantitative estimate of drug-likeness (QED) is 0.663. The lowest BCUT2D eigenvalue weighted by Gasteiger charge is -2.28. The molecule has 0 aromatic carbocycles. The monoisotopic (exact) mass is 261 g/mol. The summed E-state index contributed by atoms with van der Waals surface area (Å²) in [6.45, 7) is 12.4. The Morgan fingerprint density at radius 2 is 2.00 bits per heavy atom. The zero-order valence-corrected chi connectivity index (χ0v) is 13.7.